The first-order chi connectivity index (χ1) is 7.56. The molecule has 0 aromatic carbocycles. The van der Waals surface area contributed by atoms with E-state index in [1.165, 1.54) is 7.11 Å². The zero-order chi connectivity index (χ0) is 12.6. The molecule has 92 valence electrons. The van der Waals surface area contributed by atoms with Gasteiger partial charge < -0.3 is 14.6 Å². The highest BCUT2D eigenvalue weighted by Crippen LogP contribution is 2.11. The molecule has 0 aliphatic heterocycles. The fourth-order valence-electron chi connectivity index (χ4n) is 1.06. The zero-order valence-electron chi connectivity index (χ0n) is 10.6. The Kier molecular flexibility index (Phi) is 7.38. The summed E-state index contributed by atoms with van der Waals surface area (Å²) in [7, 11) is 3.09. The first-order valence-corrected chi connectivity index (χ1v) is 5.40. The second kappa shape index (κ2) is 7.99. The van der Waals surface area contributed by atoms with E-state index in [9.17, 15) is 5.11 Å². The number of ether oxygens (including phenoxy) is 2. The van der Waals surface area contributed by atoms with Crippen LogP contribution in [0.5, 0.6) is 0 Å². The van der Waals surface area contributed by atoms with Gasteiger partial charge in [-0.25, -0.2) is 0 Å². The van der Waals surface area contributed by atoms with Crippen LogP contribution in [-0.4, -0.2) is 25.4 Å². The Labute approximate surface area is 98.1 Å². The maximum atomic E-state index is 9.69. The van der Waals surface area contributed by atoms with Crippen LogP contribution in [-0.2, 0) is 9.47 Å². The molecule has 0 radical (unpaired) electrons. The molecule has 0 bridgehead atoms. The van der Waals surface area contributed by atoms with Gasteiger partial charge in [-0.3, -0.25) is 0 Å². The van der Waals surface area contributed by atoms with Gasteiger partial charge in [0.25, 0.3) is 0 Å². The molecular weight excluding hydrogens is 204 g/mol. The van der Waals surface area contributed by atoms with Gasteiger partial charge in [-0.2, -0.15) is 0 Å². The molecule has 16 heavy (non-hydrogen) atoms. The van der Waals surface area contributed by atoms with Crippen molar-refractivity contribution in [2.24, 2.45) is 5.92 Å². The van der Waals surface area contributed by atoms with Crippen molar-refractivity contribution >= 4 is 0 Å². The molecule has 0 aliphatic rings. The number of rotatable bonds is 7. The van der Waals surface area contributed by atoms with E-state index >= 15 is 0 Å². The van der Waals surface area contributed by atoms with E-state index in [0.717, 1.165) is 6.42 Å². The highest BCUT2D eigenvalue weighted by atomic mass is 16.5. The summed E-state index contributed by atoms with van der Waals surface area (Å²) in [5.74, 6) is 1.27. The Hall–Kier alpha value is -1.22. The normalized spacial score (nSPS) is 15.9. The summed E-state index contributed by atoms with van der Waals surface area (Å²) in [4.78, 5) is 0. The first kappa shape index (κ1) is 14.8. The lowest BCUT2D eigenvalue weighted by Gasteiger charge is -2.12. The Balaban J connectivity index is 4.43. The molecule has 0 aliphatic carbocycles. The minimum atomic E-state index is -0.435. The Morgan fingerprint density at radius 2 is 2.00 bits per heavy atom. The summed E-state index contributed by atoms with van der Waals surface area (Å²) >= 11 is 0. The minimum Gasteiger partial charge on any atom is -0.494 e. The summed E-state index contributed by atoms with van der Waals surface area (Å²) in [5.41, 5.74) is 0. The maximum absolute atomic E-state index is 9.69. The Morgan fingerprint density at radius 1 is 1.38 bits per heavy atom. The molecule has 3 heteroatoms. The molecule has 0 rings (SSSR count). The van der Waals surface area contributed by atoms with Crippen molar-refractivity contribution in [1.82, 2.24) is 0 Å². The lowest BCUT2D eigenvalue weighted by molar-refractivity contribution is 0.160. The topological polar surface area (TPSA) is 38.7 Å². The SMILES string of the molecule is C=C(OC)/C(=C\C=C\C(O)C(C)CC)OC. The second-order valence-corrected chi connectivity index (χ2v) is 3.62. The number of aliphatic hydroxyl groups excluding tert-OH is 1. The molecule has 1 N–H and O–H groups in total. The summed E-state index contributed by atoms with van der Waals surface area (Å²) in [6, 6.07) is 0. The molecule has 0 saturated carbocycles. The largest absolute Gasteiger partial charge is 0.494 e. The average Bonchev–Trinajstić information content (AvgIpc) is 2.32. The molecule has 3 nitrogen and oxygen atoms in total. The fraction of sp³-hybridized carbons (Fsp3) is 0.538. The van der Waals surface area contributed by atoms with Gasteiger partial charge in [0.15, 0.2) is 11.5 Å². The van der Waals surface area contributed by atoms with Gasteiger partial charge in [0, 0.05) is 0 Å². The van der Waals surface area contributed by atoms with Crippen LogP contribution in [0.25, 0.3) is 0 Å². The van der Waals surface area contributed by atoms with Gasteiger partial charge in [-0.15, -0.1) is 0 Å². The molecule has 0 amide bonds. The fourth-order valence-corrected chi connectivity index (χ4v) is 1.06. The summed E-state index contributed by atoms with van der Waals surface area (Å²) in [6.07, 6.45) is 5.71. The number of aliphatic hydroxyl groups is 1. The van der Waals surface area contributed by atoms with E-state index in [1.54, 1.807) is 25.3 Å². The number of hydrogen-bond donors (Lipinski definition) is 1. The van der Waals surface area contributed by atoms with Crippen molar-refractivity contribution in [3.8, 4) is 0 Å². The lowest BCUT2D eigenvalue weighted by Crippen LogP contribution is -2.13. The smallest absolute Gasteiger partial charge is 0.160 e. The van der Waals surface area contributed by atoms with Crippen LogP contribution in [0.15, 0.2) is 36.3 Å². The molecular formula is C13H22O3. The lowest BCUT2D eigenvalue weighted by atomic mass is 10.0. The number of hydrogen-bond acceptors (Lipinski definition) is 3. The van der Waals surface area contributed by atoms with E-state index in [0.29, 0.717) is 11.5 Å². The van der Waals surface area contributed by atoms with Gasteiger partial charge in [-0.05, 0) is 12.0 Å². The van der Waals surface area contributed by atoms with Gasteiger partial charge in [-0.1, -0.05) is 39.0 Å². The molecule has 0 aromatic rings. The molecule has 0 saturated heterocycles. The molecule has 0 heterocycles. The highest BCUT2D eigenvalue weighted by molar-refractivity contribution is 5.22. The molecule has 0 spiro atoms. The standard InChI is InChI=1S/C13H22O3/c1-6-10(2)12(14)8-7-9-13(16-5)11(3)15-4/h7-10,12,14H,3,6H2,1-2,4-5H3/b8-7+,13-9+. The van der Waals surface area contributed by atoms with Gasteiger partial charge in [0.2, 0.25) is 0 Å². The monoisotopic (exact) mass is 226 g/mol. The van der Waals surface area contributed by atoms with Crippen molar-refractivity contribution in [3.05, 3.63) is 36.3 Å². The Bertz CT molecular complexity index is 266. The van der Waals surface area contributed by atoms with E-state index in [-0.39, 0.29) is 5.92 Å². The van der Waals surface area contributed by atoms with Crippen LogP contribution in [0.1, 0.15) is 20.3 Å². The zero-order valence-corrected chi connectivity index (χ0v) is 10.6. The summed E-state index contributed by atoms with van der Waals surface area (Å²) < 4.78 is 10.0. The van der Waals surface area contributed by atoms with Gasteiger partial charge >= 0.3 is 0 Å². The second-order valence-electron chi connectivity index (χ2n) is 3.62. The van der Waals surface area contributed by atoms with Crippen molar-refractivity contribution in [2.45, 2.75) is 26.4 Å². The van der Waals surface area contributed by atoms with E-state index < -0.39 is 6.10 Å². The van der Waals surface area contributed by atoms with E-state index in [1.807, 2.05) is 13.8 Å². The maximum Gasteiger partial charge on any atom is 0.160 e. The predicted molar refractivity (Wildman–Crippen MR) is 65.8 cm³/mol. The summed E-state index contributed by atoms with van der Waals surface area (Å²) in [6.45, 7) is 7.73. The van der Waals surface area contributed by atoms with Crippen LogP contribution in [0, 0.1) is 5.92 Å². The third kappa shape index (κ3) is 5.03. The van der Waals surface area contributed by atoms with E-state index in [4.69, 9.17) is 9.47 Å². The third-order valence-corrected chi connectivity index (χ3v) is 2.52. The molecule has 0 fully saturated rings. The van der Waals surface area contributed by atoms with Crippen LogP contribution in [0.4, 0.5) is 0 Å². The van der Waals surface area contributed by atoms with Crippen LogP contribution in [0.2, 0.25) is 0 Å². The third-order valence-electron chi connectivity index (χ3n) is 2.52. The van der Waals surface area contributed by atoms with Crippen molar-refractivity contribution < 1.29 is 14.6 Å². The number of allylic oxidation sites excluding steroid dienone is 2. The molecule has 0 aromatic heterocycles. The predicted octanol–water partition coefficient (Wildman–Crippen LogP) is 2.64. The molecule has 2 atom stereocenters. The van der Waals surface area contributed by atoms with Gasteiger partial charge in [0.1, 0.15) is 0 Å². The summed E-state index contributed by atoms with van der Waals surface area (Å²) in [5, 5.41) is 9.69. The van der Waals surface area contributed by atoms with Crippen LogP contribution < -0.4 is 0 Å². The van der Waals surface area contributed by atoms with Crippen LogP contribution >= 0.6 is 0 Å². The van der Waals surface area contributed by atoms with Crippen molar-refractivity contribution in [1.29, 1.82) is 0 Å². The first-order valence-electron chi connectivity index (χ1n) is 5.40. The van der Waals surface area contributed by atoms with Crippen molar-refractivity contribution in [3.63, 3.8) is 0 Å². The van der Waals surface area contributed by atoms with Crippen LogP contribution in [0.3, 0.4) is 0 Å². The minimum absolute atomic E-state index is 0.251. The molecule has 2 unspecified atom stereocenters. The van der Waals surface area contributed by atoms with Gasteiger partial charge in [0.05, 0.1) is 20.3 Å². The quantitative estimate of drug-likeness (QED) is 0.536. The average molecular weight is 226 g/mol. The Morgan fingerprint density at radius 3 is 2.44 bits per heavy atom. The number of methoxy groups -OCH3 is 2. The van der Waals surface area contributed by atoms with E-state index in [2.05, 4.69) is 6.58 Å². The van der Waals surface area contributed by atoms with Crippen molar-refractivity contribution in [2.75, 3.05) is 14.2 Å². The highest BCUT2D eigenvalue weighted by Gasteiger charge is 2.07.